The molecule has 7 heteroatoms. The second-order valence-electron chi connectivity index (χ2n) is 6.02. The van der Waals surface area contributed by atoms with Crippen molar-refractivity contribution >= 4 is 10.2 Å². The Morgan fingerprint density at radius 3 is 2.38 bits per heavy atom. The SMILES string of the molecule is CCNCC1CCCN(S(=O)(=O)N2CCN(CC)CC2)C1. The Hall–Kier alpha value is -0.210. The maximum Gasteiger partial charge on any atom is 0.282 e. The van der Waals surface area contributed by atoms with Crippen LogP contribution in [0.2, 0.25) is 0 Å². The third kappa shape index (κ3) is 4.39. The summed E-state index contributed by atoms with van der Waals surface area (Å²) >= 11 is 0. The van der Waals surface area contributed by atoms with Crippen LogP contribution in [0, 0.1) is 5.92 Å². The van der Waals surface area contributed by atoms with E-state index in [2.05, 4.69) is 24.1 Å². The van der Waals surface area contributed by atoms with Gasteiger partial charge in [0.2, 0.25) is 0 Å². The van der Waals surface area contributed by atoms with Crippen molar-refractivity contribution in [1.29, 1.82) is 0 Å². The average Bonchev–Trinajstić information content (AvgIpc) is 2.53. The zero-order valence-corrected chi connectivity index (χ0v) is 14.2. The van der Waals surface area contributed by atoms with Crippen molar-refractivity contribution in [3.63, 3.8) is 0 Å². The number of nitrogens with one attached hydrogen (secondary N) is 1. The van der Waals surface area contributed by atoms with Crippen molar-refractivity contribution < 1.29 is 8.42 Å². The highest BCUT2D eigenvalue weighted by atomic mass is 32.2. The molecular formula is C14H30N4O2S. The molecule has 0 amide bonds. The van der Waals surface area contributed by atoms with Crippen LogP contribution in [0.5, 0.6) is 0 Å². The van der Waals surface area contributed by atoms with Gasteiger partial charge in [0.1, 0.15) is 0 Å². The van der Waals surface area contributed by atoms with Crippen molar-refractivity contribution in [2.75, 3.05) is 58.9 Å². The van der Waals surface area contributed by atoms with Crippen LogP contribution in [0.3, 0.4) is 0 Å². The lowest BCUT2D eigenvalue weighted by Crippen LogP contribution is -2.55. The summed E-state index contributed by atoms with van der Waals surface area (Å²) in [5.74, 6) is 0.449. The van der Waals surface area contributed by atoms with E-state index in [0.717, 1.165) is 45.6 Å². The molecule has 2 fully saturated rings. The molecule has 0 aromatic carbocycles. The predicted molar refractivity (Wildman–Crippen MR) is 85.4 cm³/mol. The number of rotatable bonds is 6. The van der Waals surface area contributed by atoms with Crippen LogP contribution in [-0.4, -0.2) is 80.8 Å². The number of piperidine rings is 1. The van der Waals surface area contributed by atoms with Crippen LogP contribution in [0.15, 0.2) is 0 Å². The molecule has 0 radical (unpaired) electrons. The van der Waals surface area contributed by atoms with Gasteiger partial charge in [-0.25, -0.2) is 0 Å². The van der Waals surface area contributed by atoms with E-state index in [1.165, 1.54) is 0 Å². The average molecular weight is 318 g/mol. The molecule has 6 nitrogen and oxygen atoms in total. The Kier molecular flexibility index (Phi) is 6.43. The summed E-state index contributed by atoms with van der Waals surface area (Å²) in [7, 11) is -3.26. The monoisotopic (exact) mass is 318 g/mol. The minimum Gasteiger partial charge on any atom is -0.317 e. The molecule has 0 aliphatic carbocycles. The van der Waals surface area contributed by atoms with Crippen LogP contribution in [0.1, 0.15) is 26.7 Å². The van der Waals surface area contributed by atoms with Crippen LogP contribution < -0.4 is 5.32 Å². The third-order valence-corrected chi connectivity index (χ3v) is 6.60. The molecule has 21 heavy (non-hydrogen) atoms. The lowest BCUT2D eigenvalue weighted by molar-refractivity contribution is 0.179. The van der Waals surface area contributed by atoms with E-state index in [4.69, 9.17) is 0 Å². The first-order chi connectivity index (χ1) is 10.1. The molecule has 0 aromatic heterocycles. The van der Waals surface area contributed by atoms with Crippen LogP contribution in [0.25, 0.3) is 0 Å². The summed E-state index contributed by atoms with van der Waals surface area (Å²) in [6.45, 7) is 11.4. The quantitative estimate of drug-likeness (QED) is 0.760. The Bertz CT molecular complexity index is 407. The van der Waals surface area contributed by atoms with E-state index in [-0.39, 0.29) is 0 Å². The van der Waals surface area contributed by atoms with Gasteiger partial charge in [-0.15, -0.1) is 0 Å². The van der Waals surface area contributed by atoms with E-state index in [0.29, 0.717) is 32.1 Å². The van der Waals surface area contributed by atoms with Gasteiger partial charge in [-0.3, -0.25) is 0 Å². The maximum atomic E-state index is 12.8. The second-order valence-corrected chi connectivity index (χ2v) is 7.94. The summed E-state index contributed by atoms with van der Waals surface area (Å²) in [5, 5.41) is 3.34. The van der Waals surface area contributed by atoms with Crippen LogP contribution in [-0.2, 0) is 10.2 Å². The van der Waals surface area contributed by atoms with E-state index in [1.54, 1.807) is 8.61 Å². The molecule has 0 bridgehead atoms. The Balaban J connectivity index is 1.92. The fourth-order valence-electron chi connectivity index (χ4n) is 3.19. The van der Waals surface area contributed by atoms with E-state index < -0.39 is 10.2 Å². The molecule has 0 spiro atoms. The summed E-state index contributed by atoms with van der Waals surface area (Å²) in [6, 6.07) is 0. The standard InChI is InChI=1S/C14H30N4O2S/c1-3-15-12-14-6-5-7-18(13-14)21(19,20)17-10-8-16(4-2)9-11-17/h14-15H,3-13H2,1-2H3. The number of nitrogens with zero attached hydrogens (tertiary/aromatic N) is 3. The molecule has 2 aliphatic heterocycles. The first-order valence-corrected chi connectivity index (χ1v) is 9.66. The lowest BCUT2D eigenvalue weighted by Gasteiger charge is -2.39. The van der Waals surface area contributed by atoms with Crippen LogP contribution >= 0.6 is 0 Å². The highest BCUT2D eigenvalue weighted by molar-refractivity contribution is 7.86. The minimum absolute atomic E-state index is 0.449. The Morgan fingerprint density at radius 2 is 1.76 bits per heavy atom. The van der Waals surface area contributed by atoms with Gasteiger partial charge in [0.25, 0.3) is 10.2 Å². The fraction of sp³-hybridized carbons (Fsp3) is 1.00. The smallest absolute Gasteiger partial charge is 0.282 e. The first-order valence-electron chi connectivity index (χ1n) is 8.26. The van der Waals surface area contributed by atoms with Crippen molar-refractivity contribution in [2.45, 2.75) is 26.7 Å². The lowest BCUT2D eigenvalue weighted by atomic mass is 10.00. The number of likely N-dealkylation sites (N-methyl/N-ethyl adjacent to an activating group) is 1. The maximum absolute atomic E-state index is 12.8. The molecule has 1 atom stereocenters. The highest BCUT2D eigenvalue weighted by Crippen LogP contribution is 2.21. The molecule has 2 aliphatic rings. The normalized spacial score (nSPS) is 27.0. The van der Waals surface area contributed by atoms with E-state index >= 15 is 0 Å². The summed E-state index contributed by atoms with van der Waals surface area (Å²) in [4.78, 5) is 2.30. The predicted octanol–water partition coefficient (Wildman–Crippen LogP) is 0.190. The number of piperazine rings is 1. The van der Waals surface area contributed by atoms with Gasteiger partial charge in [-0.1, -0.05) is 13.8 Å². The molecule has 2 saturated heterocycles. The molecule has 2 heterocycles. The van der Waals surface area contributed by atoms with Gasteiger partial charge in [-0.05, 0) is 38.4 Å². The minimum atomic E-state index is -3.26. The van der Waals surface area contributed by atoms with Gasteiger partial charge in [-0.2, -0.15) is 17.0 Å². The fourth-order valence-corrected chi connectivity index (χ4v) is 4.90. The molecule has 2 rings (SSSR count). The van der Waals surface area contributed by atoms with Crippen molar-refractivity contribution in [3.8, 4) is 0 Å². The Labute approximate surface area is 129 Å². The zero-order chi connectivity index (χ0) is 15.3. The first kappa shape index (κ1) is 17.1. The molecule has 1 N–H and O–H groups in total. The van der Waals surface area contributed by atoms with Crippen LogP contribution in [0.4, 0.5) is 0 Å². The second kappa shape index (κ2) is 7.87. The van der Waals surface area contributed by atoms with Crippen molar-refractivity contribution in [3.05, 3.63) is 0 Å². The van der Waals surface area contributed by atoms with Crippen molar-refractivity contribution in [2.24, 2.45) is 5.92 Å². The number of hydrogen-bond acceptors (Lipinski definition) is 4. The molecule has 0 aromatic rings. The summed E-state index contributed by atoms with van der Waals surface area (Å²) < 4.78 is 28.9. The topological polar surface area (TPSA) is 55.9 Å². The molecule has 124 valence electrons. The largest absolute Gasteiger partial charge is 0.317 e. The van der Waals surface area contributed by atoms with Crippen molar-refractivity contribution in [1.82, 2.24) is 18.8 Å². The third-order valence-electron chi connectivity index (χ3n) is 4.60. The van der Waals surface area contributed by atoms with Gasteiger partial charge in [0.05, 0.1) is 0 Å². The van der Waals surface area contributed by atoms with Gasteiger partial charge in [0.15, 0.2) is 0 Å². The van der Waals surface area contributed by atoms with E-state index in [9.17, 15) is 8.42 Å². The molecule has 0 saturated carbocycles. The number of hydrogen-bond donors (Lipinski definition) is 1. The molecule has 1 unspecified atom stereocenters. The molecular weight excluding hydrogens is 288 g/mol. The zero-order valence-electron chi connectivity index (χ0n) is 13.4. The highest BCUT2D eigenvalue weighted by Gasteiger charge is 2.34. The van der Waals surface area contributed by atoms with Gasteiger partial charge < -0.3 is 10.2 Å². The van der Waals surface area contributed by atoms with E-state index in [1.807, 2.05) is 0 Å². The summed E-state index contributed by atoms with van der Waals surface area (Å²) in [6.07, 6.45) is 2.10. The van der Waals surface area contributed by atoms with Gasteiger partial charge >= 0.3 is 0 Å². The Morgan fingerprint density at radius 1 is 1.05 bits per heavy atom. The summed E-state index contributed by atoms with van der Waals surface area (Å²) in [5.41, 5.74) is 0. The van der Waals surface area contributed by atoms with Gasteiger partial charge in [0, 0.05) is 39.3 Å².